The molecule has 0 fully saturated rings. The molecule has 3 rings (SSSR count). The van der Waals surface area contributed by atoms with Gasteiger partial charge in [-0.1, -0.05) is 11.8 Å². The van der Waals surface area contributed by atoms with Gasteiger partial charge in [-0.25, -0.2) is 4.68 Å². The summed E-state index contributed by atoms with van der Waals surface area (Å²) in [5.74, 6) is 1.83. The van der Waals surface area contributed by atoms with Crippen molar-refractivity contribution in [3.63, 3.8) is 0 Å². The summed E-state index contributed by atoms with van der Waals surface area (Å²) in [6, 6.07) is 5.57. The van der Waals surface area contributed by atoms with Crippen LogP contribution >= 0.6 is 11.8 Å². The van der Waals surface area contributed by atoms with Gasteiger partial charge in [-0.05, 0) is 32.9 Å². The Kier molecular flexibility index (Phi) is 4.93. The molecule has 0 radical (unpaired) electrons. The second kappa shape index (κ2) is 7.14. The summed E-state index contributed by atoms with van der Waals surface area (Å²) in [7, 11) is 1.85. The number of hydrogen-bond acceptors (Lipinski definition) is 6. The van der Waals surface area contributed by atoms with E-state index in [1.807, 2.05) is 38.5 Å². The average molecular weight is 360 g/mol. The highest BCUT2D eigenvalue weighted by Crippen LogP contribution is 2.26. The maximum absolute atomic E-state index is 12.5. The fraction of sp³-hybridized carbons (Fsp3) is 0.375. The smallest absolute Gasteiger partial charge is 0.238 e. The quantitative estimate of drug-likeness (QED) is 0.680. The van der Waals surface area contributed by atoms with E-state index in [9.17, 15) is 4.79 Å². The first kappa shape index (κ1) is 17.3. The summed E-state index contributed by atoms with van der Waals surface area (Å²) >= 11 is 1.34. The van der Waals surface area contributed by atoms with E-state index in [0.717, 1.165) is 0 Å². The number of thioether (sulfide) groups is 1. The van der Waals surface area contributed by atoms with Crippen LogP contribution in [0, 0.1) is 0 Å². The number of furan rings is 1. The molecule has 0 aliphatic carbocycles. The molecule has 25 heavy (non-hydrogen) atoms. The lowest BCUT2D eigenvalue weighted by Crippen LogP contribution is -2.25. The molecule has 1 atom stereocenters. The molecule has 0 saturated carbocycles. The van der Waals surface area contributed by atoms with Crippen molar-refractivity contribution in [2.24, 2.45) is 7.05 Å². The van der Waals surface area contributed by atoms with Gasteiger partial charge >= 0.3 is 0 Å². The molecule has 1 N–H and O–H groups in total. The van der Waals surface area contributed by atoms with Crippen LogP contribution in [-0.2, 0) is 11.8 Å². The molecule has 0 spiro atoms. The summed E-state index contributed by atoms with van der Waals surface area (Å²) in [4.78, 5) is 12.5. The molecule has 3 heterocycles. The number of rotatable bonds is 6. The van der Waals surface area contributed by atoms with Gasteiger partial charge in [0.25, 0.3) is 0 Å². The standard InChI is InChI=1S/C16H20N6O2S/c1-10(2)22-13(7-8-17-22)18-15(23)11(3)25-16-20-19-14(21(16)4)12-6-5-9-24-12/h5-11H,1-4H3,(H,18,23)/t11-/m0/s1. The fourth-order valence-electron chi connectivity index (χ4n) is 2.30. The number of hydrogen-bond donors (Lipinski definition) is 1. The zero-order chi connectivity index (χ0) is 18.0. The molecule has 0 aliphatic rings. The number of anilines is 1. The maximum atomic E-state index is 12.5. The summed E-state index contributed by atoms with van der Waals surface area (Å²) in [6.45, 7) is 5.85. The fourth-order valence-corrected chi connectivity index (χ4v) is 3.12. The molecule has 0 aliphatic heterocycles. The maximum Gasteiger partial charge on any atom is 0.238 e. The number of carbonyl (C=O) groups excluding carboxylic acids is 1. The number of nitrogens with one attached hydrogen (secondary N) is 1. The van der Waals surface area contributed by atoms with Gasteiger partial charge in [0.1, 0.15) is 5.82 Å². The highest BCUT2D eigenvalue weighted by molar-refractivity contribution is 8.00. The van der Waals surface area contributed by atoms with Crippen LogP contribution in [0.1, 0.15) is 26.8 Å². The number of carbonyl (C=O) groups is 1. The molecule has 3 aromatic heterocycles. The summed E-state index contributed by atoms with van der Waals surface area (Å²) in [5, 5.41) is 15.7. The zero-order valence-electron chi connectivity index (χ0n) is 14.5. The first-order valence-corrected chi connectivity index (χ1v) is 8.79. The van der Waals surface area contributed by atoms with E-state index in [4.69, 9.17) is 4.42 Å². The van der Waals surface area contributed by atoms with Crippen molar-refractivity contribution < 1.29 is 9.21 Å². The van der Waals surface area contributed by atoms with Crippen LogP contribution in [0.15, 0.2) is 40.2 Å². The van der Waals surface area contributed by atoms with Crippen LogP contribution in [0.5, 0.6) is 0 Å². The molecule has 8 nitrogen and oxygen atoms in total. The van der Waals surface area contributed by atoms with E-state index in [-0.39, 0.29) is 17.2 Å². The molecular weight excluding hydrogens is 340 g/mol. The van der Waals surface area contributed by atoms with Crippen molar-refractivity contribution >= 4 is 23.5 Å². The van der Waals surface area contributed by atoms with Gasteiger partial charge in [0.15, 0.2) is 16.7 Å². The third-order valence-electron chi connectivity index (χ3n) is 3.64. The molecule has 1 amide bonds. The Bertz CT molecular complexity index is 852. The van der Waals surface area contributed by atoms with Crippen molar-refractivity contribution in [2.45, 2.75) is 37.2 Å². The molecule has 0 unspecified atom stereocenters. The van der Waals surface area contributed by atoms with Gasteiger partial charge in [0.2, 0.25) is 5.91 Å². The minimum absolute atomic E-state index is 0.116. The zero-order valence-corrected chi connectivity index (χ0v) is 15.3. The number of aromatic nitrogens is 5. The van der Waals surface area contributed by atoms with Gasteiger partial charge in [-0.3, -0.25) is 4.79 Å². The Morgan fingerprint density at radius 2 is 2.08 bits per heavy atom. The van der Waals surface area contributed by atoms with Crippen molar-refractivity contribution in [3.8, 4) is 11.6 Å². The van der Waals surface area contributed by atoms with Gasteiger partial charge < -0.3 is 14.3 Å². The Morgan fingerprint density at radius 1 is 1.28 bits per heavy atom. The second-order valence-corrected chi connectivity index (χ2v) is 7.15. The van der Waals surface area contributed by atoms with Gasteiger partial charge in [-0.15, -0.1) is 10.2 Å². The Labute approximate surface area is 149 Å². The van der Waals surface area contributed by atoms with E-state index in [0.29, 0.717) is 22.6 Å². The molecule has 132 valence electrons. The van der Waals surface area contributed by atoms with Crippen LogP contribution in [0.3, 0.4) is 0 Å². The predicted octanol–water partition coefficient (Wildman–Crippen LogP) is 2.97. The first-order chi connectivity index (χ1) is 12.0. The number of amides is 1. The SMILES string of the molecule is CC(C)n1nccc1NC(=O)[C@H](C)Sc1nnc(-c2ccco2)n1C. The van der Waals surface area contributed by atoms with Gasteiger partial charge in [0.05, 0.1) is 17.7 Å². The van der Waals surface area contributed by atoms with E-state index >= 15 is 0 Å². The van der Waals surface area contributed by atoms with Crippen molar-refractivity contribution in [1.82, 2.24) is 24.5 Å². The van der Waals surface area contributed by atoms with Crippen molar-refractivity contribution in [1.29, 1.82) is 0 Å². The molecule has 0 bridgehead atoms. The second-order valence-electron chi connectivity index (χ2n) is 5.85. The molecule has 3 aromatic rings. The third kappa shape index (κ3) is 3.60. The van der Waals surface area contributed by atoms with Gasteiger partial charge in [-0.2, -0.15) is 5.10 Å². The summed E-state index contributed by atoms with van der Waals surface area (Å²) in [6.07, 6.45) is 3.26. The van der Waals surface area contributed by atoms with Gasteiger partial charge in [0, 0.05) is 19.2 Å². The third-order valence-corrected chi connectivity index (χ3v) is 4.77. The van der Waals surface area contributed by atoms with E-state index in [2.05, 4.69) is 20.6 Å². The van der Waals surface area contributed by atoms with E-state index < -0.39 is 0 Å². The summed E-state index contributed by atoms with van der Waals surface area (Å²) in [5.41, 5.74) is 0. The molecule has 9 heteroatoms. The average Bonchev–Trinajstić information content (AvgIpc) is 3.29. The van der Waals surface area contributed by atoms with E-state index in [1.165, 1.54) is 11.8 Å². The minimum atomic E-state index is -0.345. The molecule has 0 aromatic carbocycles. The predicted molar refractivity (Wildman–Crippen MR) is 95.3 cm³/mol. The highest BCUT2D eigenvalue weighted by atomic mass is 32.2. The van der Waals surface area contributed by atoms with Crippen LogP contribution < -0.4 is 5.32 Å². The Hall–Kier alpha value is -2.55. The monoisotopic (exact) mass is 360 g/mol. The Morgan fingerprint density at radius 3 is 2.76 bits per heavy atom. The topological polar surface area (TPSA) is 90.8 Å². The van der Waals surface area contributed by atoms with Crippen LogP contribution in [0.2, 0.25) is 0 Å². The largest absolute Gasteiger partial charge is 0.461 e. The molecule has 0 saturated heterocycles. The van der Waals surface area contributed by atoms with Crippen LogP contribution in [0.4, 0.5) is 5.82 Å². The summed E-state index contributed by atoms with van der Waals surface area (Å²) < 4.78 is 8.93. The molecular formula is C16H20N6O2S. The lowest BCUT2D eigenvalue weighted by Gasteiger charge is -2.14. The minimum Gasteiger partial charge on any atom is -0.461 e. The first-order valence-electron chi connectivity index (χ1n) is 7.91. The van der Waals surface area contributed by atoms with Crippen molar-refractivity contribution in [2.75, 3.05) is 5.32 Å². The lowest BCUT2D eigenvalue weighted by molar-refractivity contribution is -0.115. The number of nitrogens with zero attached hydrogens (tertiary/aromatic N) is 5. The van der Waals surface area contributed by atoms with Crippen LogP contribution in [-0.4, -0.2) is 35.7 Å². The lowest BCUT2D eigenvalue weighted by atomic mass is 10.4. The Balaban J connectivity index is 1.69. The highest BCUT2D eigenvalue weighted by Gasteiger charge is 2.21. The normalized spacial score (nSPS) is 12.5. The van der Waals surface area contributed by atoms with Crippen molar-refractivity contribution in [3.05, 3.63) is 30.7 Å². The van der Waals surface area contributed by atoms with Crippen LogP contribution in [0.25, 0.3) is 11.6 Å². The van der Waals surface area contributed by atoms with E-state index in [1.54, 1.807) is 29.3 Å².